The molecule has 0 radical (unpaired) electrons. The van der Waals surface area contributed by atoms with Crippen LogP contribution < -0.4 is 0 Å². The zero-order valence-electron chi connectivity index (χ0n) is 16.3. The van der Waals surface area contributed by atoms with Gasteiger partial charge in [0.1, 0.15) is 0 Å². The highest BCUT2D eigenvalue weighted by atomic mass is 19.4. The first kappa shape index (κ1) is 31.4. The van der Waals surface area contributed by atoms with Crippen LogP contribution in [0.3, 0.4) is 0 Å². The fourth-order valence-electron chi connectivity index (χ4n) is 0.806. The molecule has 0 aromatic carbocycles. The van der Waals surface area contributed by atoms with Gasteiger partial charge in [0.15, 0.2) is 6.61 Å². The highest BCUT2D eigenvalue weighted by Crippen LogP contribution is 2.35. The van der Waals surface area contributed by atoms with E-state index in [0.29, 0.717) is 11.6 Å². The molecular formula is C17H21F5O8. The number of methoxy groups -OCH3 is 1. The van der Waals surface area contributed by atoms with Crippen molar-refractivity contribution in [1.29, 1.82) is 0 Å². The average Bonchev–Trinajstić information content (AvgIpc) is 2.64. The number of esters is 3. The Kier molecular flexibility index (Phi) is 16.4. The maximum absolute atomic E-state index is 12.0. The molecule has 0 aromatic heterocycles. The van der Waals surface area contributed by atoms with Gasteiger partial charge >= 0.3 is 36.0 Å². The predicted molar refractivity (Wildman–Crippen MR) is 92.4 cm³/mol. The number of ether oxygens (including phenoxy) is 3. The van der Waals surface area contributed by atoms with E-state index in [-0.39, 0.29) is 12.6 Å². The first-order chi connectivity index (χ1) is 13.5. The Bertz CT molecular complexity index is 639. The molecule has 172 valence electrons. The van der Waals surface area contributed by atoms with Crippen LogP contribution in [0.15, 0.2) is 37.0 Å². The smallest absolute Gasteiger partial charge is 0.456 e. The second-order valence-electron chi connectivity index (χ2n) is 4.71. The van der Waals surface area contributed by atoms with Crippen LogP contribution in [0, 0.1) is 0 Å². The van der Waals surface area contributed by atoms with Crippen LogP contribution in [0.4, 0.5) is 22.0 Å². The third-order valence-corrected chi connectivity index (χ3v) is 2.16. The third-order valence-electron chi connectivity index (χ3n) is 2.16. The molecule has 0 bridgehead atoms. The summed E-state index contributed by atoms with van der Waals surface area (Å²) in [5.74, 6) is -8.49. The van der Waals surface area contributed by atoms with Crippen molar-refractivity contribution in [2.24, 2.45) is 0 Å². The minimum atomic E-state index is -5.71. The maximum Gasteiger partial charge on any atom is 0.456 e. The molecule has 13 heteroatoms. The largest absolute Gasteiger partial charge is 0.478 e. The number of rotatable bonds is 7. The molecule has 0 aliphatic carbocycles. The summed E-state index contributed by atoms with van der Waals surface area (Å²) >= 11 is 0. The molecule has 0 heterocycles. The van der Waals surface area contributed by atoms with E-state index in [9.17, 15) is 41.1 Å². The lowest BCUT2D eigenvalue weighted by molar-refractivity contribution is -0.293. The fraction of sp³-hybridized carbons (Fsp3) is 0.412. The lowest BCUT2D eigenvalue weighted by Gasteiger charge is -2.18. The zero-order chi connectivity index (χ0) is 24.5. The third kappa shape index (κ3) is 18.1. The Morgan fingerprint density at radius 2 is 1.50 bits per heavy atom. The number of carboxylic acid groups (broad SMARTS) is 1. The van der Waals surface area contributed by atoms with E-state index in [0.717, 1.165) is 12.2 Å². The molecule has 0 aliphatic rings. The summed E-state index contributed by atoms with van der Waals surface area (Å²) in [5.41, 5.74) is 0.433. The van der Waals surface area contributed by atoms with E-state index in [2.05, 4.69) is 27.4 Å². The second-order valence-corrected chi connectivity index (χ2v) is 4.71. The summed E-state index contributed by atoms with van der Waals surface area (Å²) in [6.45, 7) is 7.65. The van der Waals surface area contributed by atoms with Crippen LogP contribution in [0.2, 0.25) is 0 Å². The van der Waals surface area contributed by atoms with Gasteiger partial charge in [0, 0.05) is 23.8 Å². The molecular weight excluding hydrogens is 427 g/mol. The summed E-state index contributed by atoms with van der Waals surface area (Å²) in [6, 6.07) is 0. The Balaban J connectivity index is -0.000000383. The van der Waals surface area contributed by atoms with Crippen molar-refractivity contribution in [3.63, 3.8) is 0 Å². The van der Waals surface area contributed by atoms with Crippen LogP contribution in [0.25, 0.3) is 0 Å². The molecule has 0 rings (SSSR count). The standard InChI is InChI=1S/C6H5F5O2.C6H8O4.C5H8O2/c1-2-4(12)13-3-5(7,8)6(9,10)11;1-2-10-6(9)4-3-5(7)8;1-4(2)5(6)7-3/h2H,1,3H2;3-4H,2H2,1H3,(H,7,8);1H2,2-3H3/b;4-3-;. The number of hydrogen-bond donors (Lipinski definition) is 1. The summed E-state index contributed by atoms with van der Waals surface area (Å²) in [6.07, 6.45) is -3.62. The molecule has 0 fully saturated rings. The summed E-state index contributed by atoms with van der Waals surface area (Å²) in [7, 11) is 1.33. The second kappa shape index (κ2) is 15.6. The highest BCUT2D eigenvalue weighted by molar-refractivity contribution is 5.90. The quantitative estimate of drug-likeness (QED) is 0.274. The van der Waals surface area contributed by atoms with E-state index < -0.39 is 36.6 Å². The first-order valence-corrected chi connectivity index (χ1v) is 7.60. The van der Waals surface area contributed by atoms with Crippen molar-refractivity contribution in [3.8, 4) is 0 Å². The van der Waals surface area contributed by atoms with Crippen molar-refractivity contribution >= 4 is 23.9 Å². The Labute approximate surface area is 168 Å². The van der Waals surface area contributed by atoms with Crippen LogP contribution in [-0.2, 0) is 33.4 Å². The number of halogens is 5. The van der Waals surface area contributed by atoms with Gasteiger partial charge in [0.05, 0.1) is 13.7 Å². The molecule has 0 atom stereocenters. The van der Waals surface area contributed by atoms with Crippen LogP contribution in [-0.4, -0.2) is 61.4 Å². The Morgan fingerprint density at radius 1 is 1.00 bits per heavy atom. The van der Waals surface area contributed by atoms with Crippen molar-refractivity contribution in [1.82, 2.24) is 0 Å². The van der Waals surface area contributed by atoms with Gasteiger partial charge < -0.3 is 19.3 Å². The molecule has 0 saturated heterocycles. The van der Waals surface area contributed by atoms with E-state index in [4.69, 9.17) is 5.11 Å². The molecule has 0 saturated carbocycles. The van der Waals surface area contributed by atoms with Crippen molar-refractivity contribution in [2.45, 2.75) is 25.9 Å². The highest BCUT2D eigenvalue weighted by Gasteiger charge is 2.58. The number of hydrogen-bond acceptors (Lipinski definition) is 7. The first-order valence-electron chi connectivity index (χ1n) is 7.60. The summed E-state index contributed by atoms with van der Waals surface area (Å²) in [5, 5.41) is 8.04. The zero-order valence-corrected chi connectivity index (χ0v) is 16.3. The molecule has 0 aliphatic heterocycles. The van der Waals surface area contributed by atoms with Gasteiger partial charge in [-0.2, -0.15) is 22.0 Å². The van der Waals surface area contributed by atoms with Gasteiger partial charge in [0.2, 0.25) is 0 Å². The van der Waals surface area contributed by atoms with Crippen LogP contribution in [0.1, 0.15) is 13.8 Å². The van der Waals surface area contributed by atoms with Crippen molar-refractivity contribution in [2.75, 3.05) is 20.3 Å². The van der Waals surface area contributed by atoms with Gasteiger partial charge in [-0.3, -0.25) is 0 Å². The molecule has 0 spiro atoms. The topological polar surface area (TPSA) is 116 Å². The summed E-state index contributed by atoms with van der Waals surface area (Å²) in [4.78, 5) is 40.5. The van der Waals surface area contributed by atoms with Gasteiger partial charge in [-0.15, -0.1) is 0 Å². The van der Waals surface area contributed by atoms with Crippen molar-refractivity contribution < 1.29 is 60.4 Å². The van der Waals surface area contributed by atoms with Gasteiger partial charge in [-0.1, -0.05) is 13.2 Å². The van der Waals surface area contributed by atoms with E-state index in [1.165, 1.54) is 7.11 Å². The molecule has 30 heavy (non-hydrogen) atoms. The minimum Gasteiger partial charge on any atom is -0.478 e. The minimum absolute atomic E-state index is 0.253. The number of carboxylic acids is 1. The molecule has 1 N–H and O–H groups in total. The number of alkyl halides is 5. The molecule has 0 aromatic rings. The fourth-order valence-corrected chi connectivity index (χ4v) is 0.806. The van der Waals surface area contributed by atoms with Crippen LogP contribution in [0.5, 0.6) is 0 Å². The summed E-state index contributed by atoms with van der Waals surface area (Å²) < 4.78 is 70.5. The number of carbonyl (C=O) groups is 4. The normalized spacial score (nSPS) is 10.4. The Hall–Kier alpha value is -3.25. The van der Waals surface area contributed by atoms with Crippen molar-refractivity contribution in [3.05, 3.63) is 37.0 Å². The Morgan fingerprint density at radius 3 is 1.77 bits per heavy atom. The lowest BCUT2D eigenvalue weighted by atomic mass is 10.3. The number of carbonyl (C=O) groups excluding carboxylic acids is 3. The van der Waals surface area contributed by atoms with Gasteiger partial charge in [-0.25, -0.2) is 19.2 Å². The van der Waals surface area contributed by atoms with E-state index in [1.807, 2.05) is 0 Å². The average molecular weight is 448 g/mol. The van der Waals surface area contributed by atoms with Crippen LogP contribution >= 0.6 is 0 Å². The van der Waals surface area contributed by atoms with E-state index in [1.54, 1.807) is 13.8 Å². The van der Waals surface area contributed by atoms with E-state index >= 15 is 0 Å². The van der Waals surface area contributed by atoms with Gasteiger partial charge in [-0.05, 0) is 13.8 Å². The lowest BCUT2D eigenvalue weighted by Crippen LogP contribution is -2.41. The predicted octanol–water partition coefficient (Wildman–Crippen LogP) is 2.84. The molecule has 8 nitrogen and oxygen atoms in total. The SMILES string of the molecule is C=C(C)C(=O)OC.C=CC(=O)OCC(F)(F)C(F)(F)F.CCOC(=O)/C=C\C(=O)O. The maximum atomic E-state index is 12.0. The monoisotopic (exact) mass is 448 g/mol. The number of aliphatic carboxylic acids is 1. The molecule has 0 unspecified atom stereocenters. The van der Waals surface area contributed by atoms with Gasteiger partial charge in [0.25, 0.3) is 0 Å². The molecule has 0 amide bonds.